The van der Waals surface area contributed by atoms with Crippen LogP contribution < -0.4 is 18.9 Å². The fourth-order valence-electron chi connectivity index (χ4n) is 2.52. The van der Waals surface area contributed by atoms with Crippen molar-refractivity contribution in [2.75, 3.05) is 34.5 Å². The van der Waals surface area contributed by atoms with Crippen LogP contribution >= 0.6 is 0 Å². The Hall–Kier alpha value is -3.48. The van der Waals surface area contributed by atoms with Crippen molar-refractivity contribution in [1.29, 1.82) is 0 Å². The zero-order valence-corrected chi connectivity index (χ0v) is 16.9. The lowest BCUT2D eigenvalue weighted by Gasteiger charge is -2.11. The number of carbonyl (C=O) groups is 2. The van der Waals surface area contributed by atoms with Crippen LogP contribution in [0.2, 0.25) is 0 Å². The average molecular weight is 400 g/mol. The Morgan fingerprint density at radius 3 is 2.14 bits per heavy atom. The number of ether oxygens (including phenoxy) is 5. The van der Waals surface area contributed by atoms with Crippen molar-refractivity contribution < 1.29 is 33.3 Å². The van der Waals surface area contributed by atoms with Gasteiger partial charge in [0.1, 0.15) is 0 Å². The second-order valence-corrected chi connectivity index (χ2v) is 5.85. The third-order valence-electron chi connectivity index (χ3n) is 3.96. The highest BCUT2D eigenvalue weighted by Gasteiger charge is 2.14. The van der Waals surface area contributed by atoms with Crippen LogP contribution in [0.25, 0.3) is 6.08 Å². The molecule has 0 atom stereocenters. The van der Waals surface area contributed by atoms with E-state index in [2.05, 4.69) is 0 Å². The summed E-state index contributed by atoms with van der Waals surface area (Å²) < 4.78 is 26.0. The molecular weight excluding hydrogens is 376 g/mol. The summed E-state index contributed by atoms with van der Waals surface area (Å²) in [4.78, 5) is 24.2. The maximum atomic E-state index is 12.2. The van der Waals surface area contributed by atoms with Crippen LogP contribution in [0.4, 0.5) is 0 Å². The smallest absolute Gasteiger partial charge is 0.344 e. The van der Waals surface area contributed by atoms with Crippen molar-refractivity contribution in [1.82, 2.24) is 0 Å². The summed E-state index contributed by atoms with van der Waals surface area (Å²) in [5.74, 6) is 0.787. The maximum absolute atomic E-state index is 12.2. The van der Waals surface area contributed by atoms with Crippen LogP contribution in [0.1, 0.15) is 22.8 Å². The molecule has 7 nitrogen and oxygen atoms in total. The molecular formula is C22H24O7. The molecule has 2 rings (SSSR count). The van der Waals surface area contributed by atoms with Crippen molar-refractivity contribution in [3.8, 4) is 23.0 Å². The monoisotopic (exact) mass is 400 g/mol. The van der Waals surface area contributed by atoms with E-state index in [1.54, 1.807) is 24.3 Å². The third-order valence-corrected chi connectivity index (χ3v) is 3.96. The summed E-state index contributed by atoms with van der Waals surface area (Å²) in [7, 11) is 4.49. The minimum Gasteiger partial charge on any atom is -0.493 e. The molecule has 0 spiro atoms. The number of carbonyl (C=O) groups excluding carboxylic acids is 2. The topological polar surface area (TPSA) is 80.3 Å². The molecule has 0 aliphatic rings. The van der Waals surface area contributed by atoms with E-state index in [-0.39, 0.29) is 12.4 Å². The van der Waals surface area contributed by atoms with Gasteiger partial charge in [-0.2, -0.15) is 0 Å². The van der Waals surface area contributed by atoms with Gasteiger partial charge in [0.2, 0.25) is 0 Å². The van der Waals surface area contributed by atoms with Crippen molar-refractivity contribution in [2.45, 2.75) is 6.92 Å². The molecule has 2 aromatic carbocycles. The quantitative estimate of drug-likeness (QED) is 0.446. The molecule has 0 N–H and O–H groups in total. The highest BCUT2D eigenvalue weighted by Crippen LogP contribution is 2.29. The van der Waals surface area contributed by atoms with Gasteiger partial charge in [-0.05, 0) is 42.8 Å². The molecule has 0 radical (unpaired) electrons. The van der Waals surface area contributed by atoms with Gasteiger partial charge in [-0.25, -0.2) is 4.79 Å². The first kappa shape index (κ1) is 21.8. The first-order valence-electron chi connectivity index (χ1n) is 8.86. The summed E-state index contributed by atoms with van der Waals surface area (Å²) >= 11 is 0. The van der Waals surface area contributed by atoms with Crippen LogP contribution in [-0.2, 0) is 9.53 Å². The molecule has 0 fully saturated rings. The molecule has 0 heterocycles. The van der Waals surface area contributed by atoms with Crippen LogP contribution in [0, 0.1) is 0 Å². The Labute approximate surface area is 169 Å². The molecule has 0 unspecified atom stereocenters. The van der Waals surface area contributed by atoms with Crippen molar-refractivity contribution >= 4 is 17.8 Å². The minimum absolute atomic E-state index is 0.345. The Morgan fingerprint density at radius 2 is 1.48 bits per heavy atom. The number of allylic oxidation sites excluding steroid dienone is 1. The van der Waals surface area contributed by atoms with Gasteiger partial charge >= 0.3 is 5.97 Å². The van der Waals surface area contributed by atoms with Crippen LogP contribution in [0.3, 0.4) is 0 Å². The first-order chi connectivity index (χ1) is 14.0. The molecule has 0 bridgehead atoms. The summed E-state index contributed by atoms with van der Waals surface area (Å²) in [6, 6.07) is 10.1. The van der Waals surface area contributed by atoms with Gasteiger partial charge in [0.05, 0.1) is 21.3 Å². The minimum atomic E-state index is -0.668. The number of hydrogen-bond acceptors (Lipinski definition) is 7. The normalized spacial score (nSPS) is 10.5. The van der Waals surface area contributed by atoms with Crippen LogP contribution in [0.5, 0.6) is 23.0 Å². The highest BCUT2D eigenvalue weighted by atomic mass is 16.6. The lowest BCUT2D eigenvalue weighted by atomic mass is 10.1. The van der Waals surface area contributed by atoms with Gasteiger partial charge < -0.3 is 23.7 Å². The molecule has 2 aromatic rings. The van der Waals surface area contributed by atoms with E-state index in [0.717, 1.165) is 5.56 Å². The molecule has 154 valence electrons. The third kappa shape index (κ3) is 6.00. The van der Waals surface area contributed by atoms with E-state index in [0.29, 0.717) is 28.6 Å². The second-order valence-electron chi connectivity index (χ2n) is 5.85. The predicted molar refractivity (Wildman–Crippen MR) is 108 cm³/mol. The second kappa shape index (κ2) is 10.8. The Balaban J connectivity index is 1.91. The van der Waals surface area contributed by atoms with Crippen molar-refractivity contribution in [3.05, 3.63) is 53.6 Å². The number of esters is 1. The van der Waals surface area contributed by atoms with E-state index in [1.165, 1.54) is 27.4 Å². The lowest BCUT2D eigenvalue weighted by Crippen LogP contribution is -2.19. The number of hydrogen-bond donors (Lipinski definition) is 0. The van der Waals surface area contributed by atoms with Crippen molar-refractivity contribution in [2.24, 2.45) is 0 Å². The summed E-state index contributed by atoms with van der Waals surface area (Å²) in [6.45, 7) is 1.16. The number of methoxy groups -OCH3 is 3. The molecule has 0 aromatic heterocycles. The van der Waals surface area contributed by atoms with Gasteiger partial charge in [0.15, 0.2) is 42.0 Å². The summed E-state index contributed by atoms with van der Waals surface area (Å²) in [5, 5.41) is 0. The molecule has 0 amide bonds. The Kier molecular flexibility index (Phi) is 8.09. The summed E-state index contributed by atoms with van der Waals surface area (Å²) in [6.07, 6.45) is 3.82. The zero-order valence-electron chi connectivity index (χ0n) is 16.9. The Bertz CT molecular complexity index is 887. The zero-order chi connectivity index (χ0) is 21.2. The van der Waals surface area contributed by atoms with Gasteiger partial charge in [-0.15, -0.1) is 0 Å². The molecule has 0 saturated heterocycles. The fourth-order valence-corrected chi connectivity index (χ4v) is 2.52. The van der Waals surface area contributed by atoms with Crippen molar-refractivity contribution in [3.63, 3.8) is 0 Å². The van der Waals surface area contributed by atoms with Gasteiger partial charge in [-0.1, -0.05) is 18.2 Å². The number of rotatable bonds is 10. The maximum Gasteiger partial charge on any atom is 0.344 e. The summed E-state index contributed by atoms with van der Waals surface area (Å²) in [5.41, 5.74) is 1.29. The largest absolute Gasteiger partial charge is 0.493 e. The SMILES string of the molecule is C/C=C/c1ccc(OCC(=O)OCC(=O)c2ccc(OC)c(OC)c2)c(OC)c1. The molecule has 0 aliphatic heterocycles. The first-order valence-corrected chi connectivity index (χ1v) is 8.86. The molecule has 29 heavy (non-hydrogen) atoms. The van der Waals surface area contributed by atoms with E-state index in [9.17, 15) is 9.59 Å². The number of Topliss-reactive ketones (excluding diaryl/α,β-unsaturated/α-hetero) is 1. The fraction of sp³-hybridized carbons (Fsp3) is 0.273. The molecule has 7 heteroatoms. The number of ketones is 1. The van der Waals surface area contributed by atoms with Crippen LogP contribution in [-0.4, -0.2) is 46.3 Å². The Morgan fingerprint density at radius 1 is 0.828 bits per heavy atom. The highest BCUT2D eigenvalue weighted by molar-refractivity contribution is 5.98. The van der Waals surface area contributed by atoms with Gasteiger partial charge in [-0.3, -0.25) is 4.79 Å². The van der Waals surface area contributed by atoms with E-state index >= 15 is 0 Å². The predicted octanol–water partition coefficient (Wildman–Crippen LogP) is 3.55. The average Bonchev–Trinajstić information content (AvgIpc) is 2.75. The molecule has 0 saturated carbocycles. The standard InChI is InChI=1S/C22H24O7/c1-5-6-15-7-9-19(20(11-15)26-3)28-14-22(24)29-13-17(23)16-8-10-18(25-2)21(12-16)27-4/h5-12H,13-14H2,1-4H3/b6-5+. The van der Waals surface area contributed by atoms with E-state index in [4.69, 9.17) is 23.7 Å². The lowest BCUT2D eigenvalue weighted by molar-refractivity contribution is -0.144. The number of benzene rings is 2. The van der Waals surface area contributed by atoms with Crippen LogP contribution in [0.15, 0.2) is 42.5 Å². The van der Waals surface area contributed by atoms with Gasteiger partial charge in [0, 0.05) is 5.56 Å². The van der Waals surface area contributed by atoms with E-state index < -0.39 is 12.6 Å². The molecule has 0 aliphatic carbocycles. The van der Waals surface area contributed by atoms with E-state index in [1.807, 2.05) is 25.1 Å². The van der Waals surface area contributed by atoms with Gasteiger partial charge in [0.25, 0.3) is 0 Å².